The molecule has 10 nitrogen and oxygen atoms in total. The van der Waals surface area contributed by atoms with Gasteiger partial charge in [-0.25, -0.2) is 14.8 Å². The van der Waals surface area contributed by atoms with Gasteiger partial charge in [0.15, 0.2) is 0 Å². The number of aromatic nitrogens is 4. The summed E-state index contributed by atoms with van der Waals surface area (Å²) >= 11 is 0. The number of aromatic amines is 2. The molecule has 0 spiro atoms. The van der Waals surface area contributed by atoms with Gasteiger partial charge in [0.2, 0.25) is 5.91 Å². The number of fused-ring (bicyclic) bond motifs is 4. The van der Waals surface area contributed by atoms with Gasteiger partial charge in [0.1, 0.15) is 18.2 Å². The van der Waals surface area contributed by atoms with E-state index in [1.807, 2.05) is 31.2 Å². The fraction of sp³-hybridized carbons (Fsp3) is 0.368. The number of ether oxygens (including phenoxy) is 1. The minimum atomic E-state index is -3.20. The number of hydrogen-bond acceptors (Lipinski definition) is 6. The molecule has 1 aliphatic heterocycles. The molecule has 2 amide bonds. The van der Waals surface area contributed by atoms with Crippen molar-refractivity contribution in [3.8, 4) is 33.5 Å². The third kappa shape index (κ3) is 6.01. The van der Waals surface area contributed by atoms with Gasteiger partial charge in [-0.1, -0.05) is 50.6 Å². The summed E-state index contributed by atoms with van der Waals surface area (Å²) in [5, 5.41) is 2.40. The topological polar surface area (TPSA) is 119 Å². The van der Waals surface area contributed by atoms with E-state index in [0.717, 1.165) is 41.8 Å². The smallest absolute Gasteiger partial charge is 0.407 e. The summed E-state index contributed by atoms with van der Waals surface area (Å²) in [4.78, 5) is 44.1. The van der Waals surface area contributed by atoms with Gasteiger partial charge in [-0.2, -0.15) is 8.78 Å². The van der Waals surface area contributed by atoms with Gasteiger partial charge in [-0.3, -0.25) is 9.69 Å². The number of nitrogens with one attached hydrogen (secondary N) is 3. The molecule has 260 valence electrons. The van der Waals surface area contributed by atoms with Crippen LogP contribution in [-0.4, -0.2) is 75.5 Å². The number of nitrogens with zero attached hydrogens (tertiary/aromatic N) is 4. The molecule has 0 bridgehead atoms. The molecule has 2 aromatic heterocycles. The molecule has 3 N–H and O–H groups in total. The van der Waals surface area contributed by atoms with Gasteiger partial charge >= 0.3 is 6.09 Å². The van der Waals surface area contributed by atoms with Crippen LogP contribution >= 0.6 is 0 Å². The minimum absolute atomic E-state index is 0.0227. The van der Waals surface area contributed by atoms with E-state index >= 15 is 8.78 Å². The highest BCUT2D eigenvalue weighted by atomic mass is 19.3. The molecular formula is C38H41F2N7O3. The summed E-state index contributed by atoms with van der Waals surface area (Å²) in [6.45, 7) is 5.62. The number of rotatable bonds is 10. The van der Waals surface area contributed by atoms with Crippen LogP contribution in [0.3, 0.4) is 0 Å². The van der Waals surface area contributed by atoms with Crippen molar-refractivity contribution >= 4 is 23.0 Å². The van der Waals surface area contributed by atoms with Crippen molar-refractivity contribution < 1.29 is 23.1 Å². The maximum absolute atomic E-state index is 16.2. The highest BCUT2D eigenvalue weighted by molar-refractivity contribution is 5.87. The molecule has 50 heavy (non-hydrogen) atoms. The molecule has 0 saturated carbocycles. The van der Waals surface area contributed by atoms with Crippen molar-refractivity contribution in [2.45, 2.75) is 51.6 Å². The number of carbonyl (C=O) groups is 2. The molecule has 3 aromatic carbocycles. The van der Waals surface area contributed by atoms with E-state index in [1.165, 1.54) is 13.2 Å². The Morgan fingerprint density at radius 1 is 1.02 bits per heavy atom. The maximum atomic E-state index is 16.2. The number of alkyl carbamates (subject to hydrolysis) is 1. The zero-order valence-corrected chi connectivity index (χ0v) is 28.6. The molecule has 1 aliphatic carbocycles. The van der Waals surface area contributed by atoms with Crippen molar-refractivity contribution in [1.29, 1.82) is 0 Å². The van der Waals surface area contributed by atoms with Crippen LogP contribution in [0.5, 0.6) is 0 Å². The monoisotopic (exact) mass is 681 g/mol. The lowest BCUT2D eigenvalue weighted by Gasteiger charge is -2.21. The van der Waals surface area contributed by atoms with E-state index in [9.17, 15) is 9.59 Å². The van der Waals surface area contributed by atoms with Crippen molar-refractivity contribution in [3.63, 3.8) is 0 Å². The van der Waals surface area contributed by atoms with E-state index in [1.54, 1.807) is 35.4 Å². The van der Waals surface area contributed by atoms with Crippen LogP contribution in [0.4, 0.5) is 13.6 Å². The summed E-state index contributed by atoms with van der Waals surface area (Å²) in [6.07, 6.45) is 3.84. The van der Waals surface area contributed by atoms with E-state index < -0.39 is 12.0 Å². The van der Waals surface area contributed by atoms with Gasteiger partial charge in [-0.05, 0) is 78.9 Å². The average Bonchev–Trinajstić information content (AvgIpc) is 3.90. The molecular weight excluding hydrogens is 640 g/mol. The number of carbonyl (C=O) groups excluding carboxylic acids is 2. The Hall–Kier alpha value is -5.10. The highest BCUT2D eigenvalue weighted by Gasteiger charge is 2.44. The fourth-order valence-corrected chi connectivity index (χ4v) is 7.47. The van der Waals surface area contributed by atoms with Crippen LogP contribution in [0.2, 0.25) is 0 Å². The summed E-state index contributed by atoms with van der Waals surface area (Å²) in [5.74, 6) is -1.49. The quantitative estimate of drug-likeness (QED) is 0.143. The first-order valence-electron chi connectivity index (χ1n) is 17.1. The first kappa shape index (κ1) is 33.4. The fourth-order valence-electron chi connectivity index (χ4n) is 7.47. The molecule has 1 saturated heterocycles. The predicted molar refractivity (Wildman–Crippen MR) is 187 cm³/mol. The van der Waals surface area contributed by atoms with Crippen LogP contribution in [-0.2, 0) is 22.0 Å². The maximum Gasteiger partial charge on any atom is 0.407 e. The van der Waals surface area contributed by atoms with Crippen molar-refractivity contribution in [2.75, 3.05) is 33.8 Å². The Balaban J connectivity index is 1.12. The lowest BCUT2D eigenvalue weighted by molar-refractivity contribution is -0.130. The molecule has 0 radical (unpaired) electrons. The SMILES string of the molecule is CCCN(Cc1ncc(-c2ccc3c(c2)C(F)(F)c2cc(-c4ccc5nc([C@@H]6[C@H](CC)CCN6C)[nH]c5c4)ccc2-3)[nH]1)C(=O)CNC(=O)OC. The van der Waals surface area contributed by atoms with Crippen molar-refractivity contribution in [1.82, 2.24) is 35.1 Å². The van der Waals surface area contributed by atoms with Crippen LogP contribution in [0.25, 0.3) is 44.5 Å². The normalized spacial score (nSPS) is 17.9. The second-order valence-electron chi connectivity index (χ2n) is 13.2. The molecule has 12 heteroatoms. The van der Waals surface area contributed by atoms with Crippen LogP contribution in [0.15, 0.2) is 60.8 Å². The van der Waals surface area contributed by atoms with Gasteiger partial charge in [0, 0.05) is 23.2 Å². The molecule has 2 aliphatic rings. The van der Waals surface area contributed by atoms with Gasteiger partial charge in [0.05, 0.1) is 42.6 Å². The third-order valence-corrected chi connectivity index (χ3v) is 10.1. The van der Waals surface area contributed by atoms with E-state index in [-0.39, 0.29) is 36.2 Å². The summed E-state index contributed by atoms with van der Waals surface area (Å²) in [5.41, 5.74) is 5.38. The molecule has 1 fully saturated rings. The lowest BCUT2D eigenvalue weighted by atomic mass is 9.97. The first-order chi connectivity index (χ1) is 24.1. The number of likely N-dealkylation sites (tertiary alicyclic amines) is 1. The van der Waals surface area contributed by atoms with Crippen LogP contribution < -0.4 is 5.32 Å². The number of imidazole rings is 2. The Bertz CT molecular complexity index is 2070. The third-order valence-electron chi connectivity index (χ3n) is 10.1. The number of alkyl halides is 2. The zero-order valence-electron chi connectivity index (χ0n) is 28.6. The standard InChI is InChI=1S/C38H41F2N7O3/c1-5-14-47(34(48)20-42-37(49)50-4)21-33-41-19-32(43-33)25-8-11-27-26-10-7-23(16-28(26)38(39,40)29(27)17-25)24-9-12-30-31(18-24)45-36(44-30)35-22(6-2)13-15-46(35)3/h7-12,16-19,22,35H,5-6,13-15,20-21H2,1-4H3,(H,41,43)(H,42,49)(H,44,45)/t22-,35+/m1/s1. The largest absolute Gasteiger partial charge is 0.453 e. The number of benzene rings is 3. The van der Waals surface area contributed by atoms with Crippen molar-refractivity contribution in [3.05, 3.63) is 83.6 Å². The Morgan fingerprint density at radius 3 is 2.44 bits per heavy atom. The second kappa shape index (κ2) is 13.3. The number of hydrogen-bond donors (Lipinski definition) is 3. The zero-order chi connectivity index (χ0) is 35.2. The average molecular weight is 682 g/mol. The van der Waals surface area contributed by atoms with Crippen LogP contribution in [0, 0.1) is 5.92 Å². The van der Waals surface area contributed by atoms with Crippen molar-refractivity contribution in [2.24, 2.45) is 5.92 Å². The second-order valence-corrected chi connectivity index (χ2v) is 13.2. The number of methoxy groups -OCH3 is 1. The molecule has 2 atom stereocenters. The molecule has 0 unspecified atom stereocenters. The van der Waals surface area contributed by atoms with Crippen LogP contribution in [0.1, 0.15) is 61.9 Å². The molecule has 5 aromatic rings. The predicted octanol–water partition coefficient (Wildman–Crippen LogP) is 7.24. The first-order valence-corrected chi connectivity index (χ1v) is 17.1. The van der Waals surface area contributed by atoms with Gasteiger partial charge < -0.3 is 24.9 Å². The molecule has 7 rings (SSSR count). The number of amides is 2. The highest BCUT2D eigenvalue weighted by Crippen LogP contribution is 2.52. The number of H-pyrrole nitrogens is 2. The Kier molecular flexibility index (Phi) is 8.89. The minimum Gasteiger partial charge on any atom is -0.453 e. The summed E-state index contributed by atoms with van der Waals surface area (Å²) < 4.78 is 37.0. The van der Waals surface area contributed by atoms with Gasteiger partial charge in [-0.15, -0.1) is 0 Å². The summed E-state index contributed by atoms with van der Waals surface area (Å²) in [7, 11) is 3.37. The van der Waals surface area contributed by atoms with E-state index in [2.05, 4.69) is 43.9 Å². The van der Waals surface area contributed by atoms with E-state index in [0.29, 0.717) is 52.7 Å². The van der Waals surface area contributed by atoms with Gasteiger partial charge in [0.25, 0.3) is 5.92 Å². The summed E-state index contributed by atoms with van der Waals surface area (Å²) in [6, 6.07) is 16.5. The Morgan fingerprint density at radius 2 is 1.72 bits per heavy atom. The van der Waals surface area contributed by atoms with E-state index in [4.69, 9.17) is 4.98 Å². The Labute approximate surface area is 289 Å². The number of halogens is 2. The lowest BCUT2D eigenvalue weighted by Crippen LogP contribution is -2.40. The molecule has 3 heterocycles.